The molecule has 3 heterocycles. The minimum absolute atomic E-state index is 0.00134. The fourth-order valence-corrected chi connectivity index (χ4v) is 2.48. The molecule has 0 aromatic carbocycles. The molecule has 0 atom stereocenters. The lowest BCUT2D eigenvalue weighted by Crippen LogP contribution is -1.88. The van der Waals surface area contributed by atoms with Crippen molar-refractivity contribution < 1.29 is 4.92 Å². The molecule has 1 aliphatic rings. The molecule has 3 aromatic rings. The Hall–Kier alpha value is -2.76. The molecular formula is C15H12N4O2. The standard InChI is InChI=1S/C15H12N4O2/c20-19(21)12-5-11-7-14(18-15(11)17-8-12)10-3-4-16-13(6-10)9-1-2-9/h3-9H,1-2H2,(H,17,18). The van der Waals surface area contributed by atoms with E-state index in [-0.39, 0.29) is 5.69 Å². The van der Waals surface area contributed by atoms with Crippen LogP contribution in [-0.4, -0.2) is 19.9 Å². The van der Waals surface area contributed by atoms with Gasteiger partial charge in [-0.1, -0.05) is 0 Å². The van der Waals surface area contributed by atoms with Gasteiger partial charge in [0.05, 0.1) is 4.92 Å². The van der Waals surface area contributed by atoms with Crippen molar-refractivity contribution in [3.63, 3.8) is 0 Å². The molecule has 104 valence electrons. The van der Waals surface area contributed by atoms with E-state index in [2.05, 4.69) is 21.0 Å². The normalized spacial score (nSPS) is 14.5. The number of pyridine rings is 2. The highest BCUT2D eigenvalue weighted by Crippen LogP contribution is 2.40. The lowest BCUT2D eigenvalue weighted by atomic mass is 10.1. The number of aromatic amines is 1. The average molecular weight is 280 g/mol. The number of nitrogens with one attached hydrogen (secondary N) is 1. The van der Waals surface area contributed by atoms with Crippen molar-refractivity contribution in [2.75, 3.05) is 0 Å². The molecule has 1 saturated carbocycles. The van der Waals surface area contributed by atoms with Gasteiger partial charge in [0, 0.05) is 40.5 Å². The van der Waals surface area contributed by atoms with Gasteiger partial charge in [-0.2, -0.15) is 0 Å². The Morgan fingerprint density at radius 1 is 1.24 bits per heavy atom. The second-order valence-electron chi connectivity index (χ2n) is 5.32. The molecule has 3 aromatic heterocycles. The lowest BCUT2D eigenvalue weighted by Gasteiger charge is -2.01. The molecule has 1 fully saturated rings. The van der Waals surface area contributed by atoms with Gasteiger partial charge in [-0.05, 0) is 31.0 Å². The highest BCUT2D eigenvalue weighted by molar-refractivity contribution is 5.84. The quantitative estimate of drug-likeness (QED) is 0.588. The Kier molecular flexibility index (Phi) is 2.50. The van der Waals surface area contributed by atoms with Crippen molar-refractivity contribution in [2.24, 2.45) is 0 Å². The largest absolute Gasteiger partial charge is 0.339 e. The minimum Gasteiger partial charge on any atom is -0.339 e. The Balaban J connectivity index is 1.79. The van der Waals surface area contributed by atoms with E-state index in [4.69, 9.17) is 0 Å². The van der Waals surface area contributed by atoms with Crippen LogP contribution < -0.4 is 0 Å². The topological polar surface area (TPSA) is 84.7 Å². The monoisotopic (exact) mass is 280 g/mol. The number of hydrogen-bond donors (Lipinski definition) is 1. The summed E-state index contributed by atoms with van der Waals surface area (Å²) in [4.78, 5) is 22.1. The fourth-order valence-electron chi connectivity index (χ4n) is 2.48. The molecule has 1 N–H and O–H groups in total. The Morgan fingerprint density at radius 3 is 2.86 bits per heavy atom. The molecule has 0 amide bonds. The van der Waals surface area contributed by atoms with Gasteiger partial charge in [0.15, 0.2) is 0 Å². The Morgan fingerprint density at radius 2 is 2.10 bits per heavy atom. The van der Waals surface area contributed by atoms with Crippen molar-refractivity contribution in [3.8, 4) is 11.3 Å². The predicted molar refractivity (Wildman–Crippen MR) is 78.0 cm³/mol. The molecule has 0 unspecified atom stereocenters. The van der Waals surface area contributed by atoms with Crippen LogP contribution in [0.5, 0.6) is 0 Å². The van der Waals surface area contributed by atoms with E-state index in [1.165, 1.54) is 25.1 Å². The number of rotatable bonds is 3. The number of nitro groups is 1. The molecule has 21 heavy (non-hydrogen) atoms. The van der Waals surface area contributed by atoms with Crippen LogP contribution in [0.4, 0.5) is 5.69 Å². The van der Waals surface area contributed by atoms with Crippen molar-refractivity contribution in [3.05, 3.63) is 52.5 Å². The molecule has 0 spiro atoms. The van der Waals surface area contributed by atoms with Crippen LogP contribution in [-0.2, 0) is 0 Å². The Bertz CT molecular complexity index is 852. The Labute approximate surface area is 120 Å². The van der Waals surface area contributed by atoms with E-state index in [0.717, 1.165) is 22.3 Å². The molecule has 4 rings (SSSR count). The summed E-state index contributed by atoms with van der Waals surface area (Å²) >= 11 is 0. The fraction of sp³-hybridized carbons (Fsp3) is 0.200. The van der Waals surface area contributed by atoms with Crippen LogP contribution in [0.3, 0.4) is 0 Å². The summed E-state index contributed by atoms with van der Waals surface area (Å²) in [6.07, 6.45) is 5.49. The molecule has 0 bridgehead atoms. The molecule has 6 nitrogen and oxygen atoms in total. The van der Waals surface area contributed by atoms with E-state index in [1.807, 2.05) is 18.3 Å². The highest BCUT2D eigenvalue weighted by atomic mass is 16.6. The highest BCUT2D eigenvalue weighted by Gasteiger charge is 2.25. The summed E-state index contributed by atoms with van der Waals surface area (Å²) in [5, 5.41) is 11.5. The van der Waals surface area contributed by atoms with Crippen molar-refractivity contribution in [1.29, 1.82) is 0 Å². The van der Waals surface area contributed by atoms with Gasteiger partial charge in [-0.25, -0.2) is 4.98 Å². The number of H-pyrrole nitrogens is 1. The van der Waals surface area contributed by atoms with Crippen LogP contribution in [0.1, 0.15) is 24.5 Å². The first-order chi connectivity index (χ1) is 10.2. The first kappa shape index (κ1) is 12.0. The smallest absolute Gasteiger partial charge is 0.288 e. The summed E-state index contributed by atoms with van der Waals surface area (Å²) in [7, 11) is 0. The third-order valence-corrected chi connectivity index (χ3v) is 3.75. The predicted octanol–water partition coefficient (Wildman–Crippen LogP) is 3.41. The molecule has 0 saturated heterocycles. The summed E-state index contributed by atoms with van der Waals surface area (Å²) in [5.41, 5.74) is 3.71. The second-order valence-corrected chi connectivity index (χ2v) is 5.32. The minimum atomic E-state index is -0.434. The lowest BCUT2D eigenvalue weighted by molar-refractivity contribution is -0.385. The van der Waals surface area contributed by atoms with Gasteiger partial charge in [-0.15, -0.1) is 0 Å². The van der Waals surface area contributed by atoms with Crippen LogP contribution in [0.2, 0.25) is 0 Å². The maximum Gasteiger partial charge on any atom is 0.288 e. The second kappa shape index (κ2) is 4.37. The van der Waals surface area contributed by atoms with E-state index < -0.39 is 4.92 Å². The maximum absolute atomic E-state index is 10.8. The number of aromatic nitrogens is 3. The zero-order valence-electron chi connectivity index (χ0n) is 11.1. The zero-order chi connectivity index (χ0) is 14.4. The summed E-state index contributed by atoms with van der Waals surface area (Å²) in [6, 6.07) is 7.44. The van der Waals surface area contributed by atoms with Crippen LogP contribution >= 0.6 is 0 Å². The van der Waals surface area contributed by atoms with E-state index >= 15 is 0 Å². The molecule has 1 aliphatic carbocycles. The number of fused-ring (bicyclic) bond motifs is 1. The van der Waals surface area contributed by atoms with Crippen molar-refractivity contribution in [1.82, 2.24) is 15.0 Å². The van der Waals surface area contributed by atoms with Crippen molar-refractivity contribution >= 4 is 16.7 Å². The van der Waals surface area contributed by atoms with E-state index in [1.54, 1.807) is 0 Å². The zero-order valence-corrected chi connectivity index (χ0v) is 11.1. The van der Waals surface area contributed by atoms with Crippen LogP contribution in [0.25, 0.3) is 22.3 Å². The van der Waals surface area contributed by atoms with Gasteiger partial charge in [0.2, 0.25) is 0 Å². The van der Waals surface area contributed by atoms with Gasteiger partial charge < -0.3 is 4.98 Å². The first-order valence-electron chi connectivity index (χ1n) is 6.80. The van der Waals surface area contributed by atoms with Gasteiger partial charge >= 0.3 is 0 Å². The van der Waals surface area contributed by atoms with Crippen molar-refractivity contribution in [2.45, 2.75) is 18.8 Å². The van der Waals surface area contributed by atoms with Crippen LogP contribution in [0, 0.1) is 10.1 Å². The first-order valence-corrected chi connectivity index (χ1v) is 6.80. The molecule has 0 aliphatic heterocycles. The summed E-state index contributed by atoms with van der Waals surface area (Å²) in [6.45, 7) is 0. The molecule has 0 radical (unpaired) electrons. The number of nitrogens with zero attached hydrogens (tertiary/aromatic N) is 3. The average Bonchev–Trinajstić information content (AvgIpc) is 3.25. The summed E-state index contributed by atoms with van der Waals surface area (Å²) in [5.74, 6) is 0.591. The van der Waals surface area contributed by atoms with E-state index in [9.17, 15) is 10.1 Å². The third-order valence-electron chi connectivity index (χ3n) is 3.75. The third kappa shape index (κ3) is 2.14. The maximum atomic E-state index is 10.8. The summed E-state index contributed by atoms with van der Waals surface area (Å²) < 4.78 is 0. The van der Waals surface area contributed by atoms with Gasteiger partial charge in [-0.3, -0.25) is 15.1 Å². The number of hydrogen-bond acceptors (Lipinski definition) is 4. The SMILES string of the molecule is O=[N+]([O-])c1cnc2[nH]c(-c3ccnc(C4CC4)c3)cc2c1. The van der Waals surface area contributed by atoms with Crippen LogP contribution in [0.15, 0.2) is 36.7 Å². The van der Waals surface area contributed by atoms with Gasteiger partial charge in [0.25, 0.3) is 5.69 Å². The molecular weight excluding hydrogens is 268 g/mol. The van der Waals surface area contributed by atoms with Gasteiger partial charge in [0.1, 0.15) is 11.8 Å². The van der Waals surface area contributed by atoms with E-state index in [0.29, 0.717) is 11.6 Å². The molecule has 6 heteroatoms.